The van der Waals surface area contributed by atoms with Crippen molar-refractivity contribution in [1.29, 1.82) is 0 Å². The molecular formula is C37H41F3O6Si. The molecule has 2 fully saturated rings. The molecule has 5 atom stereocenters. The van der Waals surface area contributed by atoms with Crippen molar-refractivity contribution in [3.8, 4) is 16.9 Å². The van der Waals surface area contributed by atoms with E-state index in [1.165, 1.54) is 12.1 Å². The Bertz CT molecular complexity index is 1580. The highest BCUT2D eigenvalue weighted by molar-refractivity contribution is 6.74. The Kier molecular flexibility index (Phi) is 10.0. The Morgan fingerprint density at radius 3 is 2.32 bits per heavy atom. The molecule has 0 amide bonds. The fourth-order valence-electron chi connectivity index (χ4n) is 5.80. The Balaban J connectivity index is 1.35. The summed E-state index contributed by atoms with van der Waals surface area (Å²) in [7, 11) is -2.35. The van der Waals surface area contributed by atoms with Crippen LogP contribution in [0.3, 0.4) is 0 Å². The summed E-state index contributed by atoms with van der Waals surface area (Å²) in [6, 6.07) is 21.8. The topological polar surface area (TPSA) is 71.1 Å². The molecular weight excluding hydrogens is 625 g/mol. The van der Waals surface area contributed by atoms with E-state index in [9.17, 15) is 22.8 Å². The van der Waals surface area contributed by atoms with Crippen LogP contribution in [0.5, 0.6) is 5.75 Å². The highest BCUT2D eigenvalue weighted by Crippen LogP contribution is 2.44. The molecule has 2 aliphatic rings. The van der Waals surface area contributed by atoms with Gasteiger partial charge in [0.1, 0.15) is 24.6 Å². The molecule has 10 heteroatoms. The third-order valence-corrected chi connectivity index (χ3v) is 13.9. The van der Waals surface area contributed by atoms with Crippen molar-refractivity contribution in [3.05, 3.63) is 102 Å². The van der Waals surface area contributed by atoms with Crippen LogP contribution in [0.4, 0.5) is 13.2 Å². The van der Waals surface area contributed by atoms with Crippen LogP contribution in [0, 0.1) is 11.8 Å². The molecule has 5 rings (SSSR count). The normalized spacial score (nSPS) is 22.2. The standard InChI is InChI=1S/C37H41F3O6Si/c1-36(2,3)47(4,5)46-29(23-43-28-13-9-12-27(20-28)37(38,39)40)18-19-30-31-21-34(41)44-33(31)22-32(30)45-35(42)26-16-14-25(15-17-26)24-10-7-6-8-11-24/h6-20,29-33H,21-23H2,1-5H3/t29-,30-,31+,32-,33-/m1/s1. The first-order valence-corrected chi connectivity index (χ1v) is 18.7. The van der Waals surface area contributed by atoms with Gasteiger partial charge < -0.3 is 18.6 Å². The summed E-state index contributed by atoms with van der Waals surface area (Å²) in [4.78, 5) is 25.5. The number of hydrogen-bond acceptors (Lipinski definition) is 6. The van der Waals surface area contributed by atoms with Crippen molar-refractivity contribution < 1.29 is 41.4 Å². The average molecular weight is 667 g/mol. The number of halogens is 3. The maximum atomic E-state index is 13.3. The molecule has 1 aliphatic carbocycles. The van der Waals surface area contributed by atoms with Gasteiger partial charge in [0.25, 0.3) is 0 Å². The van der Waals surface area contributed by atoms with Gasteiger partial charge in [-0.25, -0.2) is 4.79 Å². The van der Waals surface area contributed by atoms with Crippen molar-refractivity contribution in [1.82, 2.24) is 0 Å². The van der Waals surface area contributed by atoms with Crippen molar-refractivity contribution in [2.45, 2.75) is 76.2 Å². The van der Waals surface area contributed by atoms with Crippen molar-refractivity contribution in [3.63, 3.8) is 0 Å². The van der Waals surface area contributed by atoms with E-state index in [4.69, 9.17) is 18.6 Å². The van der Waals surface area contributed by atoms with Crippen LogP contribution in [0.2, 0.25) is 18.1 Å². The Morgan fingerprint density at radius 2 is 1.66 bits per heavy atom. The summed E-state index contributed by atoms with van der Waals surface area (Å²) in [6.45, 7) is 10.4. The molecule has 250 valence electrons. The predicted octanol–water partition coefficient (Wildman–Crippen LogP) is 8.88. The summed E-state index contributed by atoms with van der Waals surface area (Å²) in [5, 5.41) is -0.145. The summed E-state index contributed by atoms with van der Waals surface area (Å²) >= 11 is 0. The molecule has 0 radical (unpaired) electrons. The first-order valence-electron chi connectivity index (χ1n) is 15.8. The number of carbonyl (C=O) groups excluding carboxylic acids is 2. The smallest absolute Gasteiger partial charge is 0.416 e. The maximum Gasteiger partial charge on any atom is 0.416 e. The van der Waals surface area contributed by atoms with Crippen LogP contribution in [-0.4, -0.2) is 45.2 Å². The number of ether oxygens (including phenoxy) is 3. The van der Waals surface area contributed by atoms with Crippen LogP contribution in [0.15, 0.2) is 91.0 Å². The molecule has 1 saturated carbocycles. The molecule has 1 heterocycles. The third kappa shape index (κ3) is 8.34. The first-order chi connectivity index (χ1) is 22.1. The van der Waals surface area contributed by atoms with Crippen molar-refractivity contribution in [2.75, 3.05) is 6.61 Å². The number of fused-ring (bicyclic) bond motifs is 1. The number of benzene rings is 3. The van der Waals surface area contributed by atoms with Gasteiger partial charge in [0.2, 0.25) is 0 Å². The van der Waals surface area contributed by atoms with Crippen molar-refractivity contribution in [2.24, 2.45) is 11.8 Å². The number of hydrogen-bond donors (Lipinski definition) is 0. The zero-order valence-electron chi connectivity index (χ0n) is 27.3. The van der Waals surface area contributed by atoms with Crippen LogP contribution in [-0.2, 0) is 24.9 Å². The monoisotopic (exact) mass is 666 g/mol. The van der Waals surface area contributed by atoms with Gasteiger partial charge in [-0.3, -0.25) is 4.79 Å². The summed E-state index contributed by atoms with van der Waals surface area (Å²) in [6.07, 6.45) is -1.72. The van der Waals surface area contributed by atoms with E-state index in [2.05, 4.69) is 33.9 Å². The van der Waals surface area contributed by atoms with E-state index >= 15 is 0 Å². The quantitative estimate of drug-likeness (QED) is 0.122. The van der Waals surface area contributed by atoms with Gasteiger partial charge in [-0.05, 0) is 59.6 Å². The average Bonchev–Trinajstić information content (AvgIpc) is 3.53. The highest BCUT2D eigenvalue weighted by Gasteiger charge is 2.51. The minimum absolute atomic E-state index is 0.0290. The largest absolute Gasteiger partial charge is 0.491 e. The second-order valence-corrected chi connectivity index (χ2v) is 18.5. The molecule has 0 unspecified atom stereocenters. The fraction of sp³-hybridized carbons (Fsp3) is 0.405. The molecule has 3 aromatic rings. The summed E-state index contributed by atoms with van der Waals surface area (Å²) < 4.78 is 64.1. The van der Waals surface area contributed by atoms with E-state index in [1.54, 1.807) is 12.1 Å². The lowest BCUT2D eigenvalue weighted by Gasteiger charge is -2.38. The van der Waals surface area contributed by atoms with Gasteiger partial charge in [-0.2, -0.15) is 13.2 Å². The van der Waals surface area contributed by atoms with E-state index < -0.39 is 38.2 Å². The molecule has 0 spiro atoms. The number of carbonyl (C=O) groups is 2. The molecule has 3 aromatic carbocycles. The number of esters is 2. The second-order valence-electron chi connectivity index (χ2n) is 13.7. The van der Waals surface area contributed by atoms with Crippen LogP contribution in [0.25, 0.3) is 11.1 Å². The zero-order valence-corrected chi connectivity index (χ0v) is 28.3. The van der Waals surface area contributed by atoms with Crippen LogP contribution >= 0.6 is 0 Å². The number of rotatable bonds is 10. The van der Waals surface area contributed by atoms with E-state index in [0.29, 0.717) is 12.0 Å². The van der Waals surface area contributed by atoms with Gasteiger partial charge in [0.15, 0.2) is 8.32 Å². The minimum Gasteiger partial charge on any atom is -0.491 e. The zero-order chi connectivity index (χ0) is 34.0. The molecule has 47 heavy (non-hydrogen) atoms. The second kappa shape index (κ2) is 13.7. The van der Waals surface area contributed by atoms with Gasteiger partial charge >= 0.3 is 18.1 Å². The minimum atomic E-state index is -4.49. The summed E-state index contributed by atoms with van der Waals surface area (Å²) in [5.41, 5.74) is 1.63. The van der Waals surface area contributed by atoms with Crippen LogP contribution < -0.4 is 4.74 Å². The van der Waals surface area contributed by atoms with Gasteiger partial charge in [0, 0.05) is 18.3 Å². The molecule has 1 aliphatic heterocycles. The molecule has 0 N–H and O–H groups in total. The highest BCUT2D eigenvalue weighted by atomic mass is 28.4. The Morgan fingerprint density at radius 1 is 0.979 bits per heavy atom. The third-order valence-electron chi connectivity index (χ3n) is 9.41. The molecule has 0 aromatic heterocycles. The van der Waals surface area contributed by atoms with Gasteiger partial charge in [-0.15, -0.1) is 0 Å². The molecule has 6 nitrogen and oxygen atoms in total. The van der Waals surface area contributed by atoms with E-state index in [1.807, 2.05) is 54.6 Å². The first kappa shape index (κ1) is 34.4. The van der Waals surface area contributed by atoms with E-state index in [-0.39, 0.29) is 47.7 Å². The Labute approximate surface area is 275 Å². The van der Waals surface area contributed by atoms with Gasteiger partial charge in [0.05, 0.1) is 23.7 Å². The fourth-order valence-corrected chi connectivity index (χ4v) is 7.06. The lowest BCUT2D eigenvalue weighted by Crippen LogP contribution is -2.45. The SMILES string of the molecule is CC(C)(C)[Si](C)(C)O[C@H](C=C[C@@H]1[C@@H]2CC(=O)O[C@@H]2C[C@H]1OC(=O)c1ccc(-c2ccccc2)cc1)COc1cccc(C(F)(F)F)c1. The van der Waals surface area contributed by atoms with Crippen molar-refractivity contribution >= 4 is 20.3 Å². The predicted molar refractivity (Wildman–Crippen MR) is 175 cm³/mol. The number of alkyl halides is 3. The lowest BCUT2D eigenvalue weighted by molar-refractivity contribution is -0.142. The van der Waals surface area contributed by atoms with Crippen LogP contribution in [0.1, 0.15) is 49.5 Å². The molecule has 0 bridgehead atoms. The maximum absolute atomic E-state index is 13.3. The molecule has 1 saturated heterocycles. The van der Waals surface area contributed by atoms with Gasteiger partial charge in [-0.1, -0.05) is 81.5 Å². The Hall–Kier alpha value is -3.89. The van der Waals surface area contributed by atoms with E-state index in [0.717, 1.165) is 23.3 Å². The lowest BCUT2D eigenvalue weighted by atomic mass is 9.91. The summed E-state index contributed by atoms with van der Waals surface area (Å²) in [5.74, 6) is -1.20.